The van der Waals surface area contributed by atoms with Crippen LogP contribution in [0, 0.1) is 0 Å². The number of rotatable bonds is 3. The summed E-state index contributed by atoms with van der Waals surface area (Å²) < 4.78 is 0. The Hall–Kier alpha value is -3.78. The van der Waals surface area contributed by atoms with Crippen molar-refractivity contribution in [2.75, 3.05) is 38.1 Å². The number of benzene rings is 1. The van der Waals surface area contributed by atoms with E-state index in [1.807, 2.05) is 30.5 Å². The SMILES string of the molecule is CN1CCN(c2ccnc3[nH]c(-c4n[nH]c5ccc(-c6ccccn6)cc45)nc23)CC1. The van der Waals surface area contributed by atoms with E-state index in [0.29, 0.717) is 5.82 Å². The van der Waals surface area contributed by atoms with Gasteiger partial charge >= 0.3 is 0 Å². The molecule has 0 atom stereocenters. The van der Waals surface area contributed by atoms with Crippen molar-refractivity contribution in [3.63, 3.8) is 0 Å². The fraction of sp³-hybridized carbons (Fsp3) is 0.217. The quantitative estimate of drug-likeness (QED) is 0.474. The van der Waals surface area contributed by atoms with E-state index >= 15 is 0 Å². The van der Waals surface area contributed by atoms with Crippen LogP contribution >= 0.6 is 0 Å². The molecule has 31 heavy (non-hydrogen) atoms. The molecule has 8 heteroatoms. The van der Waals surface area contributed by atoms with Gasteiger partial charge in [-0.2, -0.15) is 5.10 Å². The van der Waals surface area contributed by atoms with Crippen LogP contribution in [0.15, 0.2) is 54.9 Å². The van der Waals surface area contributed by atoms with Gasteiger partial charge < -0.3 is 14.8 Å². The molecule has 0 bridgehead atoms. The maximum absolute atomic E-state index is 4.93. The van der Waals surface area contributed by atoms with Gasteiger partial charge in [-0.3, -0.25) is 10.1 Å². The van der Waals surface area contributed by atoms with Crippen LogP contribution in [0.25, 0.3) is 44.8 Å². The Morgan fingerprint density at radius 3 is 2.68 bits per heavy atom. The molecule has 6 rings (SSSR count). The van der Waals surface area contributed by atoms with Gasteiger partial charge in [-0.15, -0.1) is 0 Å². The number of hydrogen-bond donors (Lipinski definition) is 2. The molecule has 4 aromatic heterocycles. The molecule has 0 aliphatic carbocycles. The normalized spacial score (nSPS) is 15.2. The van der Waals surface area contributed by atoms with Crippen LogP contribution in [0.1, 0.15) is 0 Å². The second-order valence-corrected chi connectivity index (χ2v) is 7.95. The largest absolute Gasteiger partial charge is 0.367 e. The first-order chi connectivity index (χ1) is 15.3. The van der Waals surface area contributed by atoms with E-state index in [1.165, 1.54) is 0 Å². The number of fused-ring (bicyclic) bond motifs is 2. The van der Waals surface area contributed by atoms with Crippen molar-refractivity contribution >= 4 is 27.8 Å². The molecule has 154 valence electrons. The summed E-state index contributed by atoms with van der Waals surface area (Å²) in [6.45, 7) is 4.05. The molecule has 5 aromatic rings. The summed E-state index contributed by atoms with van der Waals surface area (Å²) in [7, 11) is 2.16. The molecule has 0 amide bonds. The summed E-state index contributed by atoms with van der Waals surface area (Å²) in [6, 6.07) is 14.2. The lowest BCUT2D eigenvalue weighted by atomic mass is 10.1. The highest BCUT2D eigenvalue weighted by molar-refractivity contribution is 5.96. The zero-order valence-corrected chi connectivity index (χ0v) is 17.2. The highest BCUT2D eigenvalue weighted by atomic mass is 15.3. The number of imidazole rings is 1. The van der Waals surface area contributed by atoms with Crippen LogP contribution < -0.4 is 4.90 Å². The van der Waals surface area contributed by atoms with E-state index in [2.05, 4.69) is 60.2 Å². The number of piperazine rings is 1. The molecular weight excluding hydrogens is 388 g/mol. The third kappa shape index (κ3) is 3.12. The number of H-pyrrole nitrogens is 2. The Morgan fingerprint density at radius 1 is 0.935 bits per heavy atom. The number of anilines is 1. The highest BCUT2D eigenvalue weighted by Gasteiger charge is 2.20. The summed E-state index contributed by atoms with van der Waals surface area (Å²) in [5.41, 5.74) is 6.51. The van der Waals surface area contributed by atoms with E-state index < -0.39 is 0 Å². The van der Waals surface area contributed by atoms with E-state index in [9.17, 15) is 0 Å². The number of nitrogens with zero attached hydrogens (tertiary/aromatic N) is 6. The second-order valence-electron chi connectivity index (χ2n) is 7.95. The zero-order valence-electron chi connectivity index (χ0n) is 17.2. The first-order valence-electron chi connectivity index (χ1n) is 10.4. The molecule has 1 aliphatic rings. The fourth-order valence-corrected chi connectivity index (χ4v) is 4.20. The molecule has 1 aliphatic heterocycles. The molecule has 8 nitrogen and oxygen atoms in total. The third-order valence-electron chi connectivity index (χ3n) is 5.96. The summed E-state index contributed by atoms with van der Waals surface area (Å²) in [5, 5.41) is 8.69. The van der Waals surface area contributed by atoms with Crippen molar-refractivity contribution in [3.8, 4) is 22.8 Å². The molecule has 0 radical (unpaired) electrons. The lowest BCUT2D eigenvalue weighted by Gasteiger charge is -2.33. The molecule has 1 saturated heterocycles. The molecule has 0 spiro atoms. The van der Waals surface area contributed by atoms with Crippen LogP contribution in [0.4, 0.5) is 5.69 Å². The summed E-state index contributed by atoms with van der Waals surface area (Å²) in [4.78, 5) is 22.0. The van der Waals surface area contributed by atoms with E-state index in [1.54, 1.807) is 6.20 Å². The Bertz CT molecular complexity index is 1360. The topological polar surface area (TPSA) is 89.6 Å². The van der Waals surface area contributed by atoms with E-state index in [4.69, 9.17) is 4.98 Å². The highest BCUT2D eigenvalue weighted by Crippen LogP contribution is 2.31. The molecule has 1 fully saturated rings. The monoisotopic (exact) mass is 410 g/mol. The zero-order chi connectivity index (χ0) is 20.8. The number of hydrogen-bond acceptors (Lipinski definition) is 6. The molecule has 1 aromatic carbocycles. The number of aromatic nitrogens is 6. The average molecular weight is 410 g/mol. The Morgan fingerprint density at radius 2 is 1.84 bits per heavy atom. The van der Waals surface area contributed by atoms with Gasteiger partial charge in [0.1, 0.15) is 11.2 Å². The summed E-state index contributed by atoms with van der Waals surface area (Å²) >= 11 is 0. The number of aromatic amines is 2. The molecule has 0 saturated carbocycles. The lowest BCUT2D eigenvalue weighted by Crippen LogP contribution is -2.44. The number of nitrogens with one attached hydrogen (secondary N) is 2. The first-order valence-corrected chi connectivity index (χ1v) is 10.4. The average Bonchev–Trinajstić information content (AvgIpc) is 3.43. The maximum atomic E-state index is 4.93. The lowest BCUT2D eigenvalue weighted by molar-refractivity contribution is 0.313. The minimum atomic E-state index is 0.716. The predicted molar refractivity (Wildman–Crippen MR) is 122 cm³/mol. The number of pyridine rings is 2. The fourth-order valence-electron chi connectivity index (χ4n) is 4.20. The van der Waals surface area contributed by atoms with Crippen molar-refractivity contribution in [3.05, 3.63) is 54.9 Å². The Labute approximate surface area is 179 Å². The van der Waals surface area contributed by atoms with Gasteiger partial charge in [-0.1, -0.05) is 12.1 Å². The minimum absolute atomic E-state index is 0.716. The van der Waals surface area contributed by atoms with Crippen molar-refractivity contribution in [1.82, 2.24) is 35.0 Å². The molecular formula is C23H22N8. The van der Waals surface area contributed by atoms with Gasteiger partial charge in [-0.25, -0.2) is 9.97 Å². The van der Waals surface area contributed by atoms with Gasteiger partial charge in [0.05, 0.1) is 16.9 Å². The molecule has 5 heterocycles. The van der Waals surface area contributed by atoms with Gasteiger partial charge in [0, 0.05) is 49.5 Å². The van der Waals surface area contributed by atoms with Crippen LogP contribution in [-0.2, 0) is 0 Å². The van der Waals surface area contributed by atoms with Crippen molar-refractivity contribution in [1.29, 1.82) is 0 Å². The third-order valence-corrected chi connectivity index (χ3v) is 5.96. The smallest absolute Gasteiger partial charge is 0.161 e. The van der Waals surface area contributed by atoms with Gasteiger partial charge in [-0.05, 0) is 37.4 Å². The first kappa shape index (κ1) is 18.0. The van der Waals surface area contributed by atoms with Crippen molar-refractivity contribution in [2.24, 2.45) is 0 Å². The second kappa shape index (κ2) is 7.17. The van der Waals surface area contributed by atoms with Gasteiger partial charge in [0.2, 0.25) is 0 Å². The Balaban J connectivity index is 1.44. The predicted octanol–water partition coefficient (Wildman–Crippen LogP) is 3.32. The summed E-state index contributed by atoms with van der Waals surface area (Å²) in [5.74, 6) is 0.716. The van der Waals surface area contributed by atoms with Gasteiger partial charge in [0.25, 0.3) is 0 Å². The van der Waals surface area contributed by atoms with Crippen LogP contribution in [0.2, 0.25) is 0 Å². The standard InChI is InChI=1S/C23H22N8/c1-30-10-12-31(13-11-30)19-7-9-25-22-21(19)26-23(27-22)20-16-14-15(5-6-18(16)28-29-20)17-4-2-3-8-24-17/h2-9,14H,10-13H2,1H3,(H,28,29)(H,25,26,27). The van der Waals surface area contributed by atoms with E-state index in [0.717, 1.165) is 70.9 Å². The Kier molecular flexibility index (Phi) is 4.17. The van der Waals surface area contributed by atoms with Crippen LogP contribution in [0.3, 0.4) is 0 Å². The van der Waals surface area contributed by atoms with E-state index in [-0.39, 0.29) is 0 Å². The van der Waals surface area contributed by atoms with Crippen molar-refractivity contribution < 1.29 is 0 Å². The molecule has 0 unspecified atom stereocenters. The minimum Gasteiger partial charge on any atom is -0.367 e. The van der Waals surface area contributed by atoms with Crippen LogP contribution in [-0.4, -0.2) is 68.3 Å². The maximum Gasteiger partial charge on any atom is 0.161 e. The van der Waals surface area contributed by atoms with Crippen molar-refractivity contribution in [2.45, 2.75) is 0 Å². The summed E-state index contributed by atoms with van der Waals surface area (Å²) in [6.07, 6.45) is 3.65. The van der Waals surface area contributed by atoms with Crippen LogP contribution in [0.5, 0.6) is 0 Å². The van der Waals surface area contributed by atoms with Gasteiger partial charge in [0.15, 0.2) is 11.5 Å². The molecule has 2 N–H and O–H groups in total. The number of likely N-dealkylation sites (N-methyl/N-ethyl adjacent to an activating group) is 1.